The third-order valence-corrected chi connectivity index (χ3v) is 4.17. The van der Waals surface area contributed by atoms with Crippen LogP contribution in [0.2, 0.25) is 0 Å². The van der Waals surface area contributed by atoms with Crippen molar-refractivity contribution in [3.05, 3.63) is 34.9 Å². The number of hydrogen-bond donors (Lipinski definition) is 1. The Labute approximate surface area is 110 Å². The summed E-state index contributed by atoms with van der Waals surface area (Å²) in [6.45, 7) is 7.22. The average molecular weight is 245 g/mol. The SMILES string of the molecule is Cc1ccc(CC(=O)C2(C)CCCCN2)cc1C. The number of Topliss-reactive ketones (excluding diaryl/α,β-unsaturated/α-hetero) is 1. The van der Waals surface area contributed by atoms with E-state index in [-0.39, 0.29) is 5.54 Å². The zero-order valence-electron chi connectivity index (χ0n) is 11.7. The molecule has 0 aliphatic carbocycles. The first-order valence-corrected chi connectivity index (χ1v) is 6.86. The van der Waals surface area contributed by atoms with E-state index in [1.165, 1.54) is 17.5 Å². The molecule has 1 aliphatic rings. The van der Waals surface area contributed by atoms with Crippen molar-refractivity contribution < 1.29 is 4.79 Å². The first-order chi connectivity index (χ1) is 8.51. The first kappa shape index (κ1) is 13.3. The Morgan fingerprint density at radius 3 is 2.67 bits per heavy atom. The van der Waals surface area contributed by atoms with Crippen LogP contribution in [0, 0.1) is 13.8 Å². The third kappa shape index (κ3) is 2.81. The molecule has 18 heavy (non-hydrogen) atoms. The van der Waals surface area contributed by atoms with Gasteiger partial charge in [-0.15, -0.1) is 0 Å². The lowest BCUT2D eigenvalue weighted by atomic mass is 9.84. The average Bonchev–Trinajstić information content (AvgIpc) is 2.35. The molecule has 0 radical (unpaired) electrons. The summed E-state index contributed by atoms with van der Waals surface area (Å²) in [5.41, 5.74) is 3.38. The molecular formula is C16H23NO. The Bertz CT molecular complexity index is 444. The topological polar surface area (TPSA) is 29.1 Å². The number of rotatable bonds is 3. The molecule has 0 bridgehead atoms. The maximum absolute atomic E-state index is 12.4. The molecule has 2 nitrogen and oxygen atoms in total. The molecule has 1 aromatic rings. The highest BCUT2D eigenvalue weighted by atomic mass is 16.1. The number of carbonyl (C=O) groups excluding carboxylic acids is 1. The molecule has 98 valence electrons. The minimum Gasteiger partial charge on any atom is -0.305 e. The van der Waals surface area contributed by atoms with E-state index in [0.717, 1.165) is 24.9 Å². The van der Waals surface area contributed by atoms with E-state index in [1.807, 2.05) is 0 Å². The first-order valence-electron chi connectivity index (χ1n) is 6.86. The van der Waals surface area contributed by atoms with Gasteiger partial charge in [0.25, 0.3) is 0 Å². The Balaban J connectivity index is 2.08. The Hall–Kier alpha value is -1.15. The zero-order chi connectivity index (χ0) is 13.2. The normalized spacial score (nSPS) is 23.9. The minimum atomic E-state index is -0.308. The Kier molecular flexibility index (Phi) is 3.86. The molecule has 1 saturated heterocycles. The van der Waals surface area contributed by atoms with Gasteiger partial charge in [-0.2, -0.15) is 0 Å². The smallest absolute Gasteiger partial charge is 0.156 e. The monoisotopic (exact) mass is 245 g/mol. The van der Waals surface area contributed by atoms with E-state index in [1.54, 1.807) is 0 Å². The van der Waals surface area contributed by atoms with Gasteiger partial charge in [0.1, 0.15) is 0 Å². The van der Waals surface area contributed by atoms with Crippen molar-refractivity contribution in [1.82, 2.24) is 5.32 Å². The van der Waals surface area contributed by atoms with Gasteiger partial charge in [-0.25, -0.2) is 0 Å². The highest BCUT2D eigenvalue weighted by molar-refractivity contribution is 5.90. The molecule has 1 N–H and O–H groups in total. The number of piperidine rings is 1. The second-order valence-electron chi connectivity index (χ2n) is 5.73. The number of benzene rings is 1. The van der Waals surface area contributed by atoms with E-state index >= 15 is 0 Å². The molecule has 0 spiro atoms. The summed E-state index contributed by atoms with van der Waals surface area (Å²) in [6, 6.07) is 6.32. The van der Waals surface area contributed by atoms with Gasteiger partial charge in [0, 0.05) is 6.42 Å². The molecule has 1 aliphatic heterocycles. The van der Waals surface area contributed by atoms with Gasteiger partial charge >= 0.3 is 0 Å². The zero-order valence-corrected chi connectivity index (χ0v) is 11.7. The van der Waals surface area contributed by atoms with Crippen LogP contribution in [0.4, 0.5) is 0 Å². The molecule has 1 unspecified atom stereocenters. The molecule has 1 aromatic carbocycles. The summed E-state index contributed by atoms with van der Waals surface area (Å²) >= 11 is 0. The molecule has 2 rings (SSSR count). The van der Waals surface area contributed by atoms with Crippen LogP contribution < -0.4 is 5.32 Å². The summed E-state index contributed by atoms with van der Waals surface area (Å²) in [6.07, 6.45) is 3.86. The van der Waals surface area contributed by atoms with Gasteiger partial charge in [-0.05, 0) is 63.3 Å². The van der Waals surface area contributed by atoms with Crippen LogP contribution in [0.15, 0.2) is 18.2 Å². The fourth-order valence-corrected chi connectivity index (χ4v) is 2.59. The fourth-order valence-electron chi connectivity index (χ4n) is 2.59. The molecule has 0 saturated carbocycles. The van der Waals surface area contributed by atoms with E-state index in [0.29, 0.717) is 12.2 Å². The molecule has 1 heterocycles. The molecule has 0 aromatic heterocycles. The number of hydrogen-bond acceptors (Lipinski definition) is 2. The van der Waals surface area contributed by atoms with Gasteiger partial charge < -0.3 is 5.32 Å². The van der Waals surface area contributed by atoms with Crippen LogP contribution in [0.3, 0.4) is 0 Å². The summed E-state index contributed by atoms with van der Waals surface area (Å²) in [5, 5.41) is 3.39. The molecule has 1 atom stereocenters. The van der Waals surface area contributed by atoms with Crippen LogP contribution >= 0.6 is 0 Å². The quantitative estimate of drug-likeness (QED) is 0.887. The van der Waals surface area contributed by atoms with Crippen LogP contribution in [0.1, 0.15) is 42.9 Å². The fraction of sp³-hybridized carbons (Fsp3) is 0.562. The highest BCUT2D eigenvalue weighted by Crippen LogP contribution is 2.22. The second-order valence-corrected chi connectivity index (χ2v) is 5.73. The number of nitrogens with one attached hydrogen (secondary N) is 1. The van der Waals surface area contributed by atoms with Gasteiger partial charge in [0.2, 0.25) is 0 Å². The predicted octanol–water partition coefficient (Wildman–Crippen LogP) is 2.95. The summed E-state index contributed by atoms with van der Waals surface area (Å²) < 4.78 is 0. The lowest BCUT2D eigenvalue weighted by Crippen LogP contribution is -2.52. The standard InChI is InChI=1S/C16H23NO/c1-12-6-7-14(10-13(12)2)11-15(18)16(3)8-4-5-9-17-16/h6-7,10,17H,4-5,8-9,11H2,1-3H3. The summed E-state index contributed by atoms with van der Waals surface area (Å²) in [5.74, 6) is 0.324. The maximum Gasteiger partial charge on any atom is 0.156 e. The summed E-state index contributed by atoms with van der Waals surface area (Å²) in [4.78, 5) is 12.4. The maximum atomic E-state index is 12.4. The second kappa shape index (κ2) is 5.23. The number of aryl methyl sites for hydroxylation is 2. The third-order valence-electron chi connectivity index (χ3n) is 4.17. The Morgan fingerprint density at radius 1 is 1.28 bits per heavy atom. The Morgan fingerprint density at radius 2 is 2.06 bits per heavy atom. The van der Waals surface area contributed by atoms with Crippen molar-refractivity contribution >= 4 is 5.78 Å². The van der Waals surface area contributed by atoms with Crippen molar-refractivity contribution in [3.63, 3.8) is 0 Å². The lowest BCUT2D eigenvalue weighted by Gasteiger charge is -2.33. The van der Waals surface area contributed by atoms with E-state index in [9.17, 15) is 4.79 Å². The molecule has 1 fully saturated rings. The van der Waals surface area contributed by atoms with E-state index in [4.69, 9.17) is 0 Å². The lowest BCUT2D eigenvalue weighted by molar-refractivity contribution is -0.125. The van der Waals surface area contributed by atoms with E-state index in [2.05, 4.69) is 44.3 Å². The minimum absolute atomic E-state index is 0.308. The molecular weight excluding hydrogens is 222 g/mol. The molecule has 0 amide bonds. The van der Waals surface area contributed by atoms with Crippen molar-refractivity contribution in [1.29, 1.82) is 0 Å². The largest absolute Gasteiger partial charge is 0.305 e. The van der Waals surface area contributed by atoms with Gasteiger partial charge in [-0.3, -0.25) is 4.79 Å². The number of carbonyl (C=O) groups is 1. The van der Waals surface area contributed by atoms with Crippen molar-refractivity contribution in [2.24, 2.45) is 0 Å². The van der Waals surface area contributed by atoms with Crippen molar-refractivity contribution in [2.75, 3.05) is 6.54 Å². The van der Waals surface area contributed by atoms with Crippen molar-refractivity contribution in [2.45, 2.75) is 52.0 Å². The van der Waals surface area contributed by atoms with E-state index < -0.39 is 0 Å². The number of ketones is 1. The van der Waals surface area contributed by atoms with Gasteiger partial charge in [0.15, 0.2) is 5.78 Å². The van der Waals surface area contributed by atoms with Gasteiger partial charge in [0.05, 0.1) is 5.54 Å². The van der Waals surface area contributed by atoms with Crippen LogP contribution in [0.5, 0.6) is 0 Å². The highest BCUT2D eigenvalue weighted by Gasteiger charge is 2.33. The predicted molar refractivity (Wildman–Crippen MR) is 74.9 cm³/mol. The van der Waals surface area contributed by atoms with Gasteiger partial charge in [-0.1, -0.05) is 18.2 Å². The van der Waals surface area contributed by atoms with Crippen LogP contribution in [-0.2, 0) is 11.2 Å². The van der Waals surface area contributed by atoms with Crippen LogP contribution in [-0.4, -0.2) is 17.9 Å². The summed E-state index contributed by atoms with van der Waals surface area (Å²) in [7, 11) is 0. The van der Waals surface area contributed by atoms with Crippen molar-refractivity contribution in [3.8, 4) is 0 Å². The molecule has 2 heteroatoms. The van der Waals surface area contributed by atoms with Crippen LogP contribution in [0.25, 0.3) is 0 Å².